The van der Waals surface area contributed by atoms with Crippen molar-refractivity contribution in [3.05, 3.63) is 47.3 Å². The van der Waals surface area contributed by atoms with Crippen LogP contribution in [0.3, 0.4) is 0 Å². The number of fused-ring (bicyclic) bond motifs is 1. The molecule has 2 N–H and O–H groups in total. The standard InChI is InChI=1S/C21H24N4O2S/c1-21(8-9-21)25-19-17(18(22)23-12-24-19)16(20(25)28-3)15(26)10-13-4-6-14(7-5-13)11-27-2/h4-7,12H,8-11H2,1-3H3,(H2,22,23,24). The van der Waals surface area contributed by atoms with Crippen molar-refractivity contribution in [1.82, 2.24) is 14.5 Å². The number of methoxy groups -OCH3 is 1. The number of nitrogen functional groups attached to an aromatic ring is 1. The Kier molecular flexibility index (Phi) is 4.89. The Balaban J connectivity index is 1.78. The number of nitrogens with zero attached hydrogens (tertiary/aromatic N) is 3. The molecule has 7 heteroatoms. The average molecular weight is 397 g/mol. The van der Waals surface area contributed by atoms with Gasteiger partial charge in [0, 0.05) is 19.1 Å². The van der Waals surface area contributed by atoms with Gasteiger partial charge in [-0.3, -0.25) is 4.79 Å². The van der Waals surface area contributed by atoms with Gasteiger partial charge < -0.3 is 15.0 Å². The number of thioether (sulfide) groups is 1. The minimum absolute atomic E-state index is 0.00226. The molecule has 1 aromatic carbocycles. The third-order valence-corrected chi connectivity index (χ3v) is 6.19. The SMILES string of the molecule is COCc1ccc(CC(=O)c2c(SC)n(C3(C)CC3)c3ncnc(N)c23)cc1. The molecule has 28 heavy (non-hydrogen) atoms. The number of hydrogen-bond acceptors (Lipinski definition) is 6. The maximum Gasteiger partial charge on any atom is 0.170 e. The Bertz CT molecular complexity index is 1040. The molecule has 1 aliphatic carbocycles. The zero-order chi connectivity index (χ0) is 19.9. The van der Waals surface area contributed by atoms with Crippen molar-refractivity contribution in [3.8, 4) is 0 Å². The van der Waals surface area contributed by atoms with Crippen LogP contribution in [-0.4, -0.2) is 33.7 Å². The molecule has 4 rings (SSSR count). The number of aromatic nitrogens is 3. The number of rotatable bonds is 7. The van der Waals surface area contributed by atoms with E-state index >= 15 is 0 Å². The van der Waals surface area contributed by atoms with E-state index in [9.17, 15) is 4.79 Å². The maximum atomic E-state index is 13.4. The summed E-state index contributed by atoms with van der Waals surface area (Å²) in [6.07, 6.45) is 5.93. The molecule has 2 heterocycles. The second kappa shape index (κ2) is 7.22. The summed E-state index contributed by atoms with van der Waals surface area (Å²) in [6.45, 7) is 2.76. The van der Waals surface area contributed by atoms with Crippen LogP contribution in [0.25, 0.3) is 11.0 Å². The first-order valence-electron chi connectivity index (χ1n) is 9.28. The van der Waals surface area contributed by atoms with E-state index in [2.05, 4.69) is 21.5 Å². The van der Waals surface area contributed by atoms with Gasteiger partial charge in [-0.2, -0.15) is 0 Å². The first-order valence-corrected chi connectivity index (χ1v) is 10.5. The molecule has 1 aliphatic rings. The minimum atomic E-state index is -0.00226. The second-order valence-electron chi connectivity index (χ2n) is 7.52. The van der Waals surface area contributed by atoms with Gasteiger partial charge >= 0.3 is 0 Å². The molecule has 0 unspecified atom stereocenters. The summed E-state index contributed by atoms with van der Waals surface area (Å²) in [5.74, 6) is 0.403. The molecule has 0 spiro atoms. The Morgan fingerprint density at radius 2 is 1.93 bits per heavy atom. The van der Waals surface area contributed by atoms with E-state index in [0.717, 1.165) is 34.6 Å². The van der Waals surface area contributed by atoms with Crippen molar-refractivity contribution in [2.45, 2.75) is 43.4 Å². The van der Waals surface area contributed by atoms with Crippen molar-refractivity contribution in [2.75, 3.05) is 19.1 Å². The van der Waals surface area contributed by atoms with Gasteiger partial charge in [-0.25, -0.2) is 9.97 Å². The lowest BCUT2D eigenvalue weighted by Gasteiger charge is -2.16. The predicted octanol–water partition coefficient (Wildman–Crippen LogP) is 3.82. The highest BCUT2D eigenvalue weighted by molar-refractivity contribution is 7.98. The lowest BCUT2D eigenvalue weighted by Crippen LogP contribution is -2.15. The van der Waals surface area contributed by atoms with Gasteiger partial charge in [0.05, 0.1) is 22.6 Å². The number of carbonyl (C=O) groups is 1. The highest BCUT2D eigenvalue weighted by Gasteiger charge is 2.43. The summed E-state index contributed by atoms with van der Waals surface area (Å²) in [5, 5.41) is 1.61. The summed E-state index contributed by atoms with van der Waals surface area (Å²) < 4.78 is 7.34. The van der Waals surface area contributed by atoms with Gasteiger partial charge in [0.15, 0.2) is 5.78 Å². The Morgan fingerprint density at radius 1 is 1.25 bits per heavy atom. The van der Waals surface area contributed by atoms with Crippen molar-refractivity contribution < 1.29 is 9.53 Å². The van der Waals surface area contributed by atoms with Crippen LogP contribution < -0.4 is 5.73 Å². The lowest BCUT2D eigenvalue weighted by atomic mass is 10.0. The van der Waals surface area contributed by atoms with Crippen LogP contribution in [0.1, 0.15) is 41.3 Å². The number of carbonyl (C=O) groups excluding carboxylic acids is 1. The highest BCUT2D eigenvalue weighted by atomic mass is 32.2. The topological polar surface area (TPSA) is 83.0 Å². The molecule has 3 aromatic rings. The quantitative estimate of drug-likeness (QED) is 0.483. The van der Waals surface area contributed by atoms with E-state index in [1.54, 1.807) is 18.9 Å². The van der Waals surface area contributed by atoms with Gasteiger partial charge in [-0.05, 0) is 37.1 Å². The van der Waals surface area contributed by atoms with Gasteiger partial charge in [-0.1, -0.05) is 24.3 Å². The number of ketones is 1. The lowest BCUT2D eigenvalue weighted by molar-refractivity contribution is 0.0991. The predicted molar refractivity (Wildman–Crippen MR) is 112 cm³/mol. The largest absolute Gasteiger partial charge is 0.383 e. The number of benzene rings is 1. The van der Waals surface area contributed by atoms with Gasteiger partial charge in [0.1, 0.15) is 17.8 Å². The number of ether oxygens (including phenoxy) is 1. The zero-order valence-corrected chi connectivity index (χ0v) is 17.2. The van der Waals surface area contributed by atoms with Crippen LogP contribution in [-0.2, 0) is 23.3 Å². The minimum Gasteiger partial charge on any atom is -0.383 e. The summed E-state index contributed by atoms with van der Waals surface area (Å²) in [7, 11) is 1.67. The van der Waals surface area contributed by atoms with Crippen molar-refractivity contribution in [2.24, 2.45) is 0 Å². The van der Waals surface area contributed by atoms with Crippen molar-refractivity contribution >= 4 is 34.4 Å². The van der Waals surface area contributed by atoms with E-state index < -0.39 is 0 Å². The van der Waals surface area contributed by atoms with Crippen LogP contribution in [0, 0.1) is 0 Å². The molecule has 2 aromatic heterocycles. The summed E-state index contributed by atoms with van der Waals surface area (Å²) in [4.78, 5) is 22.0. The molecule has 0 atom stereocenters. The Hall–Kier alpha value is -2.38. The molecule has 0 bridgehead atoms. The third kappa shape index (κ3) is 3.18. The molecule has 1 saturated carbocycles. The second-order valence-corrected chi connectivity index (χ2v) is 8.32. The molecule has 146 valence electrons. The van der Waals surface area contributed by atoms with Gasteiger partial charge in [0.25, 0.3) is 0 Å². The van der Waals surface area contributed by atoms with Gasteiger partial charge in [0.2, 0.25) is 0 Å². The van der Waals surface area contributed by atoms with Crippen LogP contribution in [0.4, 0.5) is 5.82 Å². The smallest absolute Gasteiger partial charge is 0.170 e. The maximum absolute atomic E-state index is 13.4. The first kappa shape index (κ1) is 19.0. The molecule has 0 aliphatic heterocycles. The fraction of sp³-hybridized carbons (Fsp3) is 0.381. The highest BCUT2D eigenvalue weighted by Crippen LogP contribution is 2.49. The van der Waals surface area contributed by atoms with E-state index in [1.165, 1.54) is 6.33 Å². The van der Waals surface area contributed by atoms with Crippen LogP contribution in [0.2, 0.25) is 0 Å². The zero-order valence-electron chi connectivity index (χ0n) is 16.4. The van der Waals surface area contributed by atoms with Crippen molar-refractivity contribution in [1.29, 1.82) is 0 Å². The summed E-state index contributed by atoms with van der Waals surface area (Å²) in [6, 6.07) is 7.94. The fourth-order valence-electron chi connectivity index (χ4n) is 3.66. The number of hydrogen-bond donors (Lipinski definition) is 1. The molecular weight excluding hydrogens is 372 g/mol. The molecule has 1 fully saturated rings. The van der Waals surface area contributed by atoms with Crippen LogP contribution in [0.15, 0.2) is 35.6 Å². The summed E-state index contributed by atoms with van der Waals surface area (Å²) >= 11 is 1.57. The molecular formula is C21H24N4O2S. The fourth-order valence-corrected chi connectivity index (χ4v) is 4.57. The first-order chi connectivity index (χ1) is 13.5. The van der Waals surface area contributed by atoms with Crippen LogP contribution in [0.5, 0.6) is 0 Å². The van der Waals surface area contributed by atoms with Crippen LogP contribution >= 0.6 is 11.8 Å². The number of anilines is 1. The molecule has 0 saturated heterocycles. The third-order valence-electron chi connectivity index (χ3n) is 5.42. The monoisotopic (exact) mass is 396 g/mol. The Labute approximate surface area is 168 Å². The average Bonchev–Trinajstić information content (AvgIpc) is 3.31. The van der Waals surface area contributed by atoms with Crippen molar-refractivity contribution in [3.63, 3.8) is 0 Å². The van der Waals surface area contributed by atoms with E-state index in [4.69, 9.17) is 10.5 Å². The Morgan fingerprint density at radius 3 is 2.54 bits per heavy atom. The van der Waals surface area contributed by atoms with E-state index in [1.807, 2.05) is 30.5 Å². The van der Waals surface area contributed by atoms with E-state index in [-0.39, 0.29) is 11.3 Å². The number of nitrogens with two attached hydrogens (primary N) is 1. The molecule has 0 amide bonds. The molecule has 0 radical (unpaired) electrons. The van der Waals surface area contributed by atoms with Gasteiger partial charge in [-0.15, -0.1) is 11.8 Å². The number of Topliss-reactive ketones (excluding diaryl/α,β-unsaturated/α-hetero) is 1. The van der Waals surface area contributed by atoms with E-state index in [0.29, 0.717) is 29.8 Å². The summed E-state index contributed by atoms with van der Waals surface area (Å²) in [5.41, 5.74) is 9.65. The molecule has 6 nitrogen and oxygen atoms in total. The normalized spacial score (nSPS) is 15.1.